The second-order valence-electron chi connectivity index (χ2n) is 3.32. The second-order valence-corrected chi connectivity index (χ2v) is 3.32. The Morgan fingerprint density at radius 2 is 1.80 bits per heavy atom. The van der Waals surface area contributed by atoms with Crippen LogP contribution >= 0.6 is 0 Å². The Labute approximate surface area is 86.3 Å². The van der Waals surface area contributed by atoms with Crippen LogP contribution in [-0.4, -0.2) is 6.54 Å². The molecular weight excluding hydrogens is 198 g/mol. The molecule has 1 aromatic rings. The van der Waals surface area contributed by atoms with Crippen LogP contribution in [0.25, 0.3) is 0 Å². The quantitative estimate of drug-likeness (QED) is 0.719. The molecule has 2 rings (SSSR count). The molecule has 0 spiro atoms. The van der Waals surface area contributed by atoms with E-state index in [1.54, 1.807) is 24.3 Å². The molecule has 1 aliphatic rings. The minimum absolute atomic E-state index is 0.0529. The lowest BCUT2D eigenvalue weighted by Gasteiger charge is -2.22. The molecule has 0 aliphatic carbocycles. The van der Waals surface area contributed by atoms with Gasteiger partial charge in [0, 0.05) is 23.7 Å². The third-order valence-electron chi connectivity index (χ3n) is 2.12. The molecule has 0 amide bonds. The molecule has 0 saturated carbocycles. The summed E-state index contributed by atoms with van der Waals surface area (Å²) in [6.07, 6.45) is 2.14. The van der Waals surface area contributed by atoms with Gasteiger partial charge in [-0.2, -0.15) is 0 Å². The number of anilines is 2. The predicted molar refractivity (Wildman–Crippen MR) is 56.6 cm³/mol. The zero-order valence-corrected chi connectivity index (χ0v) is 7.95. The van der Waals surface area contributed by atoms with Gasteiger partial charge in [-0.25, -0.2) is 8.78 Å². The molecule has 2 N–H and O–H groups in total. The van der Waals surface area contributed by atoms with Crippen molar-refractivity contribution in [1.82, 2.24) is 0 Å². The van der Waals surface area contributed by atoms with Gasteiger partial charge < -0.3 is 10.6 Å². The number of allylic oxidation sites excluding steroid dienone is 2. The van der Waals surface area contributed by atoms with Crippen LogP contribution in [0.5, 0.6) is 0 Å². The van der Waals surface area contributed by atoms with Crippen LogP contribution in [0, 0.1) is 0 Å². The highest BCUT2D eigenvalue weighted by atomic mass is 19.1. The van der Waals surface area contributed by atoms with Crippen LogP contribution in [0.15, 0.2) is 48.2 Å². The van der Waals surface area contributed by atoms with Gasteiger partial charge in [0.1, 0.15) is 11.7 Å². The third kappa shape index (κ3) is 2.15. The maximum atomic E-state index is 13.0. The van der Waals surface area contributed by atoms with E-state index in [0.717, 1.165) is 6.08 Å². The molecule has 0 bridgehead atoms. The number of benzene rings is 1. The van der Waals surface area contributed by atoms with Crippen LogP contribution in [-0.2, 0) is 0 Å². The van der Waals surface area contributed by atoms with Crippen LogP contribution in [0.3, 0.4) is 0 Å². The predicted octanol–water partition coefficient (Wildman–Crippen LogP) is 2.75. The van der Waals surface area contributed by atoms with E-state index >= 15 is 0 Å². The summed E-state index contributed by atoms with van der Waals surface area (Å²) < 4.78 is 25.9. The van der Waals surface area contributed by atoms with Crippen LogP contribution in [0.2, 0.25) is 0 Å². The van der Waals surface area contributed by atoms with Gasteiger partial charge >= 0.3 is 0 Å². The molecule has 0 atom stereocenters. The van der Waals surface area contributed by atoms with Gasteiger partial charge in [-0.05, 0) is 24.3 Å². The number of halogens is 2. The van der Waals surface area contributed by atoms with E-state index < -0.39 is 11.7 Å². The van der Waals surface area contributed by atoms with E-state index in [4.69, 9.17) is 5.73 Å². The van der Waals surface area contributed by atoms with Crippen LogP contribution < -0.4 is 10.6 Å². The summed E-state index contributed by atoms with van der Waals surface area (Å²) in [5.41, 5.74) is 6.85. The molecule has 0 fully saturated rings. The number of nitrogens with zero attached hydrogens (tertiary/aromatic N) is 1. The highest BCUT2D eigenvalue weighted by Crippen LogP contribution is 2.23. The molecule has 0 saturated heterocycles. The van der Waals surface area contributed by atoms with E-state index in [1.807, 2.05) is 0 Å². The summed E-state index contributed by atoms with van der Waals surface area (Å²) in [5, 5.41) is 0. The highest BCUT2D eigenvalue weighted by Gasteiger charge is 2.13. The lowest BCUT2D eigenvalue weighted by atomic mass is 10.2. The molecule has 15 heavy (non-hydrogen) atoms. The van der Waals surface area contributed by atoms with E-state index in [-0.39, 0.29) is 6.54 Å². The lowest BCUT2D eigenvalue weighted by Crippen LogP contribution is -2.20. The molecule has 1 aliphatic heterocycles. The van der Waals surface area contributed by atoms with E-state index in [2.05, 4.69) is 0 Å². The SMILES string of the molecule is Nc1ccc(N2C=C(F)C=C(F)C2)cc1. The Kier molecular flexibility index (Phi) is 2.41. The van der Waals surface area contributed by atoms with Gasteiger partial charge in [-0.1, -0.05) is 0 Å². The molecule has 1 aromatic carbocycles. The van der Waals surface area contributed by atoms with Crippen molar-refractivity contribution in [2.75, 3.05) is 17.2 Å². The van der Waals surface area contributed by atoms with Gasteiger partial charge in [-0.15, -0.1) is 0 Å². The molecule has 0 radical (unpaired) electrons. The maximum absolute atomic E-state index is 13.0. The molecule has 4 heteroatoms. The van der Waals surface area contributed by atoms with Crippen molar-refractivity contribution in [2.45, 2.75) is 0 Å². The van der Waals surface area contributed by atoms with Crippen molar-refractivity contribution in [2.24, 2.45) is 0 Å². The number of nitrogens with two attached hydrogens (primary N) is 1. The standard InChI is InChI=1S/C11H10F2N2/c12-8-5-9(13)7-15(6-8)11-3-1-10(14)2-4-11/h1-6H,7,14H2. The lowest BCUT2D eigenvalue weighted by molar-refractivity contribution is 0.577. The molecule has 1 heterocycles. The third-order valence-corrected chi connectivity index (χ3v) is 2.12. The van der Waals surface area contributed by atoms with Gasteiger partial charge in [0.2, 0.25) is 0 Å². The molecule has 78 valence electrons. The molecular formula is C11H10F2N2. The van der Waals surface area contributed by atoms with Gasteiger partial charge in [-0.3, -0.25) is 0 Å². The largest absolute Gasteiger partial charge is 0.399 e. The summed E-state index contributed by atoms with van der Waals surface area (Å²) in [7, 11) is 0. The van der Waals surface area contributed by atoms with Crippen molar-refractivity contribution < 1.29 is 8.78 Å². The highest BCUT2D eigenvalue weighted by molar-refractivity contribution is 5.56. The summed E-state index contributed by atoms with van der Waals surface area (Å²) in [4.78, 5) is 1.49. The number of hydrogen-bond acceptors (Lipinski definition) is 2. The molecule has 0 aromatic heterocycles. The first kappa shape index (κ1) is 9.71. The molecule has 0 unspecified atom stereocenters. The normalized spacial score (nSPS) is 16.0. The van der Waals surface area contributed by atoms with E-state index in [1.165, 1.54) is 11.1 Å². The number of rotatable bonds is 1. The van der Waals surface area contributed by atoms with Crippen molar-refractivity contribution in [3.05, 3.63) is 48.2 Å². The fourth-order valence-electron chi connectivity index (χ4n) is 1.42. The first-order chi connectivity index (χ1) is 7.15. The Morgan fingerprint density at radius 3 is 2.40 bits per heavy atom. The van der Waals surface area contributed by atoms with Crippen molar-refractivity contribution >= 4 is 11.4 Å². The summed E-state index contributed by atoms with van der Waals surface area (Å²) >= 11 is 0. The second kappa shape index (κ2) is 3.73. The minimum Gasteiger partial charge on any atom is -0.399 e. The topological polar surface area (TPSA) is 29.3 Å². The van der Waals surface area contributed by atoms with Gasteiger partial charge in [0.15, 0.2) is 0 Å². The monoisotopic (exact) mass is 208 g/mol. The van der Waals surface area contributed by atoms with Crippen LogP contribution in [0.1, 0.15) is 0 Å². The fourth-order valence-corrected chi connectivity index (χ4v) is 1.42. The Morgan fingerprint density at radius 1 is 1.13 bits per heavy atom. The first-order valence-electron chi connectivity index (χ1n) is 4.51. The Bertz CT molecular complexity index is 421. The zero-order chi connectivity index (χ0) is 10.8. The average molecular weight is 208 g/mol. The van der Waals surface area contributed by atoms with E-state index in [0.29, 0.717) is 11.4 Å². The minimum atomic E-state index is -0.587. The number of nitrogen functional groups attached to an aromatic ring is 1. The van der Waals surface area contributed by atoms with Crippen LogP contribution in [0.4, 0.5) is 20.2 Å². The summed E-state index contributed by atoms with van der Waals surface area (Å²) in [5.74, 6) is -1.08. The fraction of sp³-hybridized carbons (Fsp3) is 0.0909. The Balaban J connectivity index is 2.26. The smallest absolute Gasteiger partial charge is 0.142 e. The molecule has 2 nitrogen and oxygen atoms in total. The van der Waals surface area contributed by atoms with Crippen molar-refractivity contribution in [3.63, 3.8) is 0 Å². The average Bonchev–Trinajstić information content (AvgIpc) is 2.17. The summed E-state index contributed by atoms with van der Waals surface area (Å²) in [6, 6.07) is 6.82. The van der Waals surface area contributed by atoms with Gasteiger partial charge in [0.05, 0.1) is 6.54 Å². The summed E-state index contributed by atoms with van der Waals surface area (Å²) in [6.45, 7) is 0.0529. The number of hydrogen-bond donors (Lipinski definition) is 1. The van der Waals surface area contributed by atoms with Crippen molar-refractivity contribution in [1.29, 1.82) is 0 Å². The van der Waals surface area contributed by atoms with E-state index in [9.17, 15) is 8.78 Å². The van der Waals surface area contributed by atoms with Crippen molar-refractivity contribution in [3.8, 4) is 0 Å². The zero-order valence-electron chi connectivity index (χ0n) is 7.95. The Hall–Kier alpha value is -1.84. The maximum Gasteiger partial charge on any atom is 0.142 e. The first-order valence-corrected chi connectivity index (χ1v) is 4.51. The van der Waals surface area contributed by atoms with Gasteiger partial charge in [0.25, 0.3) is 0 Å².